The fourth-order valence-corrected chi connectivity index (χ4v) is 2.78. The Labute approximate surface area is 163 Å². The van der Waals surface area contributed by atoms with Crippen LogP contribution in [-0.2, 0) is 6.54 Å². The fraction of sp³-hybridized carbons (Fsp3) is 0.200. The normalized spacial score (nSPS) is 10.4. The number of nitrogens with zero attached hydrogens (tertiary/aromatic N) is 2. The van der Waals surface area contributed by atoms with Gasteiger partial charge in [-0.05, 0) is 30.7 Å². The highest BCUT2D eigenvalue weighted by Gasteiger charge is 2.09. The van der Waals surface area contributed by atoms with Crippen LogP contribution in [0, 0.1) is 6.92 Å². The second-order valence-corrected chi connectivity index (χ2v) is 6.26. The lowest BCUT2D eigenvalue weighted by Gasteiger charge is -2.14. The molecule has 0 spiro atoms. The van der Waals surface area contributed by atoms with Crippen LogP contribution in [0.5, 0.6) is 11.5 Å². The van der Waals surface area contributed by atoms with Crippen LogP contribution in [0.15, 0.2) is 48.5 Å². The Bertz CT molecular complexity index is 934. The van der Waals surface area contributed by atoms with E-state index in [4.69, 9.17) is 21.1 Å². The highest BCUT2D eigenvalue weighted by Crippen LogP contribution is 2.31. The van der Waals surface area contributed by atoms with Gasteiger partial charge in [0.25, 0.3) is 0 Å². The molecule has 0 saturated carbocycles. The molecule has 3 rings (SSSR count). The smallest absolute Gasteiger partial charge is 0.225 e. The second kappa shape index (κ2) is 8.60. The predicted molar refractivity (Wildman–Crippen MR) is 108 cm³/mol. The molecule has 0 amide bonds. The average Bonchev–Trinajstić information content (AvgIpc) is 2.67. The number of ether oxygens (including phenoxy) is 2. The topological polar surface area (TPSA) is 68.3 Å². The number of rotatable bonds is 7. The summed E-state index contributed by atoms with van der Waals surface area (Å²) in [5, 5.41) is 7.19. The number of halogens is 1. The molecular weight excluding hydrogens is 364 g/mol. The van der Waals surface area contributed by atoms with Gasteiger partial charge in [-0.25, -0.2) is 4.98 Å². The van der Waals surface area contributed by atoms with E-state index in [-0.39, 0.29) is 0 Å². The first kappa shape index (κ1) is 18.8. The zero-order valence-corrected chi connectivity index (χ0v) is 16.2. The molecule has 0 radical (unpaired) electrons. The summed E-state index contributed by atoms with van der Waals surface area (Å²) in [6.07, 6.45) is 0. The molecule has 140 valence electrons. The molecule has 2 aromatic carbocycles. The van der Waals surface area contributed by atoms with E-state index in [1.165, 1.54) is 0 Å². The Hall–Kier alpha value is -2.99. The zero-order valence-electron chi connectivity index (χ0n) is 15.4. The van der Waals surface area contributed by atoms with E-state index in [9.17, 15) is 0 Å². The molecule has 2 N–H and O–H groups in total. The monoisotopic (exact) mass is 384 g/mol. The Morgan fingerprint density at radius 1 is 1.00 bits per heavy atom. The van der Waals surface area contributed by atoms with Gasteiger partial charge >= 0.3 is 0 Å². The van der Waals surface area contributed by atoms with Gasteiger partial charge in [0, 0.05) is 29.4 Å². The summed E-state index contributed by atoms with van der Waals surface area (Å²) in [4.78, 5) is 8.97. The number of nitrogens with one attached hydrogen (secondary N) is 2. The van der Waals surface area contributed by atoms with Crippen molar-refractivity contribution in [3.8, 4) is 11.5 Å². The van der Waals surface area contributed by atoms with Crippen LogP contribution in [0.25, 0.3) is 0 Å². The SMILES string of the molecule is COc1ccc(OC)c(Nc2cc(C)nc(NCc3ccccc3Cl)n2)c1. The molecule has 0 aliphatic heterocycles. The molecule has 7 heteroatoms. The summed E-state index contributed by atoms with van der Waals surface area (Å²) < 4.78 is 10.7. The van der Waals surface area contributed by atoms with E-state index in [1.807, 2.05) is 55.5 Å². The van der Waals surface area contributed by atoms with Crippen molar-refractivity contribution in [2.24, 2.45) is 0 Å². The number of hydrogen-bond acceptors (Lipinski definition) is 6. The molecule has 0 saturated heterocycles. The van der Waals surface area contributed by atoms with Crippen LogP contribution in [-0.4, -0.2) is 24.2 Å². The first-order chi connectivity index (χ1) is 13.1. The summed E-state index contributed by atoms with van der Waals surface area (Å²) in [5.74, 6) is 2.58. The van der Waals surface area contributed by atoms with Crippen molar-refractivity contribution in [1.29, 1.82) is 0 Å². The van der Waals surface area contributed by atoms with Gasteiger partial charge < -0.3 is 20.1 Å². The van der Waals surface area contributed by atoms with E-state index in [1.54, 1.807) is 14.2 Å². The van der Waals surface area contributed by atoms with E-state index < -0.39 is 0 Å². The molecule has 0 bridgehead atoms. The molecule has 6 nitrogen and oxygen atoms in total. The second-order valence-electron chi connectivity index (χ2n) is 5.85. The Morgan fingerprint density at radius 2 is 1.81 bits per heavy atom. The van der Waals surface area contributed by atoms with Crippen molar-refractivity contribution in [1.82, 2.24) is 9.97 Å². The molecule has 0 atom stereocenters. The Morgan fingerprint density at radius 3 is 2.56 bits per heavy atom. The first-order valence-corrected chi connectivity index (χ1v) is 8.79. The van der Waals surface area contributed by atoms with Crippen molar-refractivity contribution in [2.45, 2.75) is 13.5 Å². The van der Waals surface area contributed by atoms with E-state index >= 15 is 0 Å². The van der Waals surface area contributed by atoms with Gasteiger partial charge in [0.1, 0.15) is 17.3 Å². The number of aromatic nitrogens is 2. The summed E-state index contributed by atoms with van der Waals surface area (Å²) in [7, 11) is 3.24. The number of hydrogen-bond donors (Lipinski definition) is 2. The van der Waals surface area contributed by atoms with Gasteiger partial charge in [-0.2, -0.15) is 4.98 Å². The van der Waals surface area contributed by atoms with Crippen molar-refractivity contribution in [3.63, 3.8) is 0 Å². The van der Waals surface area contributed by atoms with E-state index in [0.29, 0.717) is 29.1 Å². The van der Waals surface area contributed by atoms with E-state index in [0.717, 1.165) is 22.7 Å². The van der Waals surface area contributed by atoms with Gasteiger partial charge in [0.15, 0.2) is 0 Å². The number of benzene rings is 2. The van der Waals surface area contributed by atoms with Crippen LogP contribution >= 0.6 is 11.6 Å². The largest absolute Gasteiger partial charge is 0.497 e. The molecule has 0 fully saturated rings. The van der Waals surface area contributed by atoms with Crippen molar-refractivity contribution in [2.75, 3.05) is 24.9 Å². The molecule has 27 heavy (non-hydrogen) atoms. The van der Waals surface area contributed by atoms with Crippen molar-refractivity contribution < 1.29 is 9.47 Å². The van der Waals surface area contributed by atoms with E-state index in [2.05, 4.69) is 20.6 Å². The number of methoxy groups -OCH3 is 2. The maximum Gasteiger partial charge on any atom is 0.225 e. The Kier molecular flexibility index (Phi) is 5.98. The van der Waals surface area contributed by atoms with Crippen LogP contribution in [0.3, 0.4) is 0 Å². The maximum absolute atomic E-state index is 6.20. The van der Waals surface area contributed by atoms with Gasteiger partial charge in [0.2, 0.25) is 5.95 Å². The third-order valence-electron chi connectivity index (χ3n) is 3.92. The third-order valence-corrected chi connectivity index (χ3v) is 4.29. The summed E-state index contributed by atoms with van der Waals surface area (Å²) >= 11 is 6.20. The van der Waals surface area contributed by atoms with Crippen LogP contribution in [0.1, 0.15) is 11.3 Å². The predicted octanol–water partition coefficient (Wildman–Crippen LogP) is 4.81. The lowest BCUT2D eigenvalue weighted by molar-refractivity contribution is 0.405. The fourth-order valence-electron chi connectivity index (χ4n) is 2.58. The first-order valence-electron chi connectivity index (χ1n) is 8.41. The van der Waals surface area contributed by atoms with Gasteiger partial charge in [0.05, 0.1) is 19.9 Å². The van der Waals surface area contributed by atoms with Crippen LogP contribution < -0.4 is 20.1 Å². The number of aryl methyl sites for hydroxylation is 1. The molecule has 1 heterocycles. The van der Waals surface area contributed by atoms with Crippen LogP contribution in [0.4, 0.5) is 17.5 Å². The molecule has 0 unspecified atom stereocenters. The summed E-state index contributed by atoms with van der Waals surface area (Å²) in [6.45, 7) is 2.45. The average molecular weight is 385 g/mol. The van der Waals surface area contributed by atoms with Gasteiger partial charge in [-0.15, -0.1) is 0 Å². The molecule has 3 aromatic rings. The molecular formula is C20H21ClN4O2. The van der Waals surface area contributed by atoms with Crippen molar-refractivity contribution >= 4 is 29.1 Å². The standard InChI is InChI=1S/C20H21ClN4O2/c1-13-10-19(24-17-11-15(26-2)8-9-18(17)27-3)25-20(23-13)22-12-14-6-4-5-7-16(14)21/h4-11H,12H2,1-3H3,(H2,22,23,24,25). The Balaban J connectivity index is 1.80. The highest BCUT2D eigenvalue weighted by molar-refractivity contribution is 6.31. The zero-order chi connectivity index (χ0) is 19.2. The highest BCUT2D eigenvalue weighted by atomic mass is 35.5. The van der Waals surface area contributed by atoms with Crippen LogP contribution in [0.2, 0.25) is 5.02 Å². The van der Waals surface area contributed by atoms with Gasteiger partial charge in [-0.3, -0.25) is 0 Å². The third kappa shape index (κ3) is 4.80. The minimum absolute atomic E-state index is 0.513. The molecule has 0 aliphatic rings. The molecule has 0 aliphatic carbocycles. The summed E-state index contributed by atoms with van der Waals surface area (Å²) in [5.41, 5.74) is 2.57. The maximum atomic E-state index is 6.20. The number of anilines is 3. The lowest BCUT2D eigenvalue weighted by Crippen LogP contribution is -2.07. The van der Waals surface area contributed by atoms with Gasteiger partial charge in [-0.1, -0.05) is 29.8 Å². The quantitative estimate of drug-likeness (QED) is 0.609. The van der Waals surface area contributed by atoms with Crippen molar-refractivity contribution in [3.05, 3.63) is 64.8 Å². The summed E-state index contributed by atoms with van der Waals surface area (Å²) in [6, 6.07) is 15.1. The lowest BCUT2D eigenvalue weighted by atomic mass is 10.2. The minimum atomic E-state index is 0.513. The minimum Gasteiger partial charge on any atom is -0.497 e. The molecule has 1 aromatic heterocycles.